The Morgan fingerprint density at radius 1 is 0.824 bits per heavy atom. The SMILES string of the molecule is CCCCCC1CCC(c2ccc(C(F)(F)Oc3cc(F)c(OC(F)(F)F)c(F)c3)cc2)CC1. The molecule has 0 aliphatic heterocycles. The highest BCUT2D eigenvalue weighted by atomic mass is 19.4. The van der Waals surface area contributed by atoms with Crippen molar-refractivity contribution in [3.63, 3.8) is 0 Å². The first-order valence-corrected chi connectivity index (χ1v) is 11.4. The topological polar surface area (TPSA) is 18.5 Å². The summed E-state index contributed by atoms with van der Waals surface area (Å²) >= 11 is 0. The van der Waals surface area contributed by atoms with Crippen LogP contribution >= 0.6 is 0 Å². The van der Waals surface area contributed by atoms with Crippen molar-refractivity contribution in [2.75, 3.05) is 0 Å². The molecule has 0 saturated heterocycles. The monoisotopic (exact) mass is 492 g/mol. The fraction of sp³-hybridized carbons (Fsp3) is 0.520. The molecule has 1 saturated carbocycles. The zero-order chi connectivity index (χ0) is 24.9. The summed E-state index contributed by atoms with van der Waals surface area (Å²) in [6.07, 6.45) is -0.191. The molecule has 0 radical (unpaired) electrons. The van der Waals surface area contributed by atoms with Gasteiger partial charge in [0.1, 0.15) is 5.75 Å². The first kappa shape index (κ1) is 26.2. The number of rotatable bonds is 9. The van der Waals surface area contributed by atoms with Gasteiger partial charge in [-0.15, -0.1) is 13.2 Å². The Morgan fingerprint density at radius 2 is 1.41 bits per heavy atom. The van der Waals surface area contributed by atoms with Gasteiger partial charge >= 0.3 is 12.5 Å². The molecule has 2 aromatic carbocycles. The standard InChI is InChI=1S/C25H27F7O2/c1-2-3-4-5-16-6-8-17(9-7-16)18-10-12-19(13-11-18)24(28,29)33-20-14-21(26)23(22(27)15-20)34-25(30,31)32/h10-17H,2-9H2,1H3. The minimum atomic E-state index is -5.34. The summed E-state index contributed by atoms with van der Waals surface area (Å²) in [6, 6.07) is 6.00. The van der Waals surface area contributed by atoms with Gasteiger partial charge in [0.05, 0.1) is 5.56 Å². The van der Waals surface area contributed by atoms with Crippen LogP contribution in [0.3, 0.4) is 0 Å². The Hall–Kier alpha value is -2.45. The molecule has 188 valence electrons. The van der Waals surface area contributed by atoms with E-state index in [-0.39, 0.29) is 18.1 Å². The molecule has 1 aliphatic carbocycles. The number of ether oxygens (including phenoxy) is 2. The maximum absolute atomic E-state index is 14.6. The van der Waals surface area contributed by atoms with E-state index in [0.29, 0.717) is 5.92 Å². The molecular formula is C25H27F7O2. The summed E-state index contributed by atoms with van der Waals surface area (Å²) in [5.41, 5.74) is 0.401. The average Bonchev–Trinajstić information content (AvgIpc) is 2.76. The van der Waals surface area contributed by atoms with Gasteiger partial charge in [-0.1, -0.05) is 44.7 Å². The molecule has 0 spiro atoms. The van der Waals surface area contributed by atoms with Crippen LogP contribution in [0.4, 0.5) is 30.7 Å². The predicted octanol–water partition coefficient (Wildman–Crippen LogP) is 8.85. The Bertz CT molecular complexity index is 910. The summed E-state index contributed by atoms with van der Waals surface area (Å²) in [4.78, 5) is 0. The Kier molecular flexibility index (Phi) is 8.36. The van der Waals surface area contributed by atoms with E-state index in [9.17, 15) is 30.7 Å². The zero-order valence-corrected chi connectivity index (χ0v) is 18.7. The van der Waals surface area contributed by atoms with Crippen LogP contribution in [0, 0.1) is 17.6 Å². The second-order valence-corrected chi connectivity index (χ2v) is 8.72. The molecule has 34 heavy (non-hydrogen) atoms. The van der Waals surface area contributed by atoms with Gasteiger partial charge in [-0.3, -0.25) is 0 Å². The minimum absolute atomic E-state index is 0.214. The third-order valence-electron chi connectivity index (χ3n) is 6.22. The fourth-order valence-corrected chi connectivity index (χ4v) is 4.43. The van der Waals surface area contributed by atoms with Gasteiger partial charge in [0.25, 0.3) is 0 Å². The van der Waals surface area contributed by atoms with Gasteiger partial charge < -0.3 is 9.47 Å². The summed E-state index contributed by atoms with van der Waals surface area (Å²) < 4.78 is 101. The van der Waals surface area contributed by atoms with Crippen LogP contribution in [0.15, 0.2) is 36.4 Å². The van der Waals surface area contributed by atoms with Crippen LogP contribution < -0.4 is 9.47 Å². The molecule has 0 N–H and O–H groups in total. The number of alkyl halides is 5. The van der Waals surface area contributed by atoms with Crippen molar-refractivity contribution in [1.82, 2.24) is 0 Å². The second kappa shape index (κ2) is 10.9. The van der Waals surface area contributed by atoms with Crippen molar-refractivity contribution >= 4 is 0 Å². The van der Waals surface area contributed by atoms with Crippen molar-refractivity contribution in [2.45, 2.75) is 76.7 Å². The van der Waals surface area contributed by atoms with E-state index in [4.69, 9.17) is 0 Å². The van der Waals surface area contributed by atoms with Crippen LogP contribution in [-0.2, 0) is 6.11 Å². The van der Waals surface area contributed by atoms with E-state index >= 15 is 0 Å². The summed E-state index contributed by atoms with van der Waals surface area (Å²) in [5.74, 6) is -5.34. The highest BCUT2D eigenvalue weighted by Gasteiger charge is 2.37. The molecule has 0 unspecified atom stereocenters. The predicted molar refractivity (Wildman–Crippen MR) is 113 cm³/mol. The molecular weight excluding hydrogens is 465 g/mol. The Morgan fingerprint density at radius 3 is 1.94 bits per heavy atom. The van der Waals surface area contributed by atoms with Gasteiger partial charge in [-0.2, -0.15) is 8.78 Å². The van der Waals surface area contributed by atoms with Crippen molar-refractivity contribution in [3.05, 3.63) is 59.2 Å². The molecule has 3 rings (SSSR count). The minimum Gasteiger partial charge on any atom is -0.429 e. The van der Waals surface area contributed by atoms with Crippen molar-refractivity contribution in [3.8, 4) is 11.5 Å². The number of hydrogen-bond acceptors (Lipinski definition) is 2. The van der Waals surface area contributed by atoms with Gasteiger partial charge in [-0.25, -0.2) is 8.78 Å². The summed E-state index contributed by atoms with van der Waals surface area (Å²) in [6.45, 7) is 2.18. The number of hydrogen-bond donors (Lipinski definition) is 0. The van der Waals surface area contributed by atoms with E-state index in [0.717, 1.165) is 31.2 Å². The highest BCUT2D eigenvalue weighted by Crippen LogP contribution is 2.40. The molecule has 1 fully saturated rings. The van der Waals surface area contributed by atoms with Gasteiger partial charge in [0, 0.05) is 12.1 Å². The Balaban J connectivity index is 1.63. The number of benzene rings is 2. The molecule has 2 aromatic rings. The van der Waals surface area contributed by atoms with E-state index in [1.807, 2.05) is 0 Å². The maximum atomic E-state index is 14.6. The van der Waals surface area contributed by atoms with Crippen LogP contribution in [-0.4, -0.2) is 6.36 Å². The average molecular weight is 492 g/mol. The molecule has 2 nitrogen and oxygen atoms in total. The van der Waals surface area contributed by atoms with Crippen LogP contribution in [0.5, 0.6) is 11.5 Å². The fourth-order valence-electron chi connectivity index (χ4n) is 4.43. The Labute approximate surface area is 194 Å². The quantitative estimate of drug-likeness (QED) is 0.257. The zero-order valence-electron chi connectivity index (χ0n) is 18.7. The third kappa shape index (κ3) is 7.03. The lowest BCUT2D eigenvalue weighted by atomic mass is 9.77. The lowest BCUT2D eigenvalue weighted by molar-refractivity contribution is -0.276. The van der Waals surface area contributed by atoms with Gasteiger partial charge in [-0.05, 0) is 55.2 Å². The van der Waals surface area contributed by atoms with Crippen molar-refractivity contribution < 1.29 is 40.2 Å². The lowest BCUT2D eigenvalue weighted by Gasteiger charge is -2.29. The first-order valence-electron chi connectivity index (χ1n) is 11.4. The maximum Gasteiger partial charge on any atom is 0.573 e. The lowest BCUT2D eigenvalue weighted by Crippen LogP contribution is -2.23. The molecule has 0 atom stereocenters. The molecule has 0 aromatic heterocycles. The van der Waals surface area contributed by atoms with Crippen LogP contribution in [0.1, 0.15) is 75.3 Å². The molecule has 0 heterocycles. The van der Waals surface area contributed by atoms with Crippen molar-refractivity contribution in [1.29, 1.82) is 0 Å². The van der Waals surface area contributed by atoms with Crippen LogP contribution in [0.25, 0.3) is 0 Å². The number of halogens is 7. The first-order chi connectivity index (χ1) is 16.0. The van der Waals surface area contributed by atoms with E-state index in [1.165, 1.54) is 37.8 Å². The van der Waals surface area contributed by atoms with E-state index in [2.05, 4.69) is 16.4 Å². The highest BCUT2D eigenvalue weighted by molar-refractivity contribution is 5.36. The molecule has 0 bridgehead atoms. The largest absolute Gasteiger partial charge is 0.573 e. The van der Waals surface area contributed by atoms with E-state index in [1.54, 1.807) is 12.1 Å². The van der Waals surface area contributed by atoms with Gasteiger partial charge in [0.15, 0.2) is 11.6 Å². The van der Waals surface area contributed by atoms with Gasteiger partial charge in [0.2, 0.25) is 5.75 Å². The number of unbranched alkanes of at least 4 members (excludes halogenated alkanes) is 2. The normalized spacial score (nSPS) is 19.2. The third-order valence-corrected chi connectivity index (χ3v) is 6.22. The molecule has 1 aliphatic rings. The van der Waals surface area contributed by atoms with Crippen molar-refractivity contribution in [2.24, 2.45) is 5.92 Å². The summed E-state index contributed by atoms with van der Waals surface area (Å²) in [5, 5.41) is 0. The molecule has 0 amide bonds. The second-order valence-electron chi connectivity index (χ2n) is 8.72. The van der Waals surface area contributed by atoms with E-state index < -0.39 is 41.2 Å². The smallest absolute Gasteiger partial charge is 0.429 e. The molecule has 9 heteroatoms. The van der Waals surface area contributed by atoms with Crippen LogP contribution in [0.2, 0.25) is 0 Å². The summed E-state index contributed by atoms with van der Waals surface area (Å²) in [7, 11) is 0.